The van der Waals surface area contributed by atoms with Gasteiger partial charge in [-0.1, -0.05) is 18.9 Å². The summed E-state index contributed by atoms with van der Waals surface area (Å²) >= 11 is 0. The van der Waals surface area contributed by atoms with Crippen molar-refractivity contribution < 1.29 is 9.47 Å². The first-order valence-electron chi connectivity index (χ1n) is 8.79. The van der Waals surface area contributed by atoms with Gasteiger partial charge in [-0.05, 0) is 55.3 Å². The van der Waals surface area contributed by atoms with E-state index >= 15 is 0 Å². The minimum Gasteiger partial charge on any atom is -0.497 e. The molecular formula is C21H22N2O2. The minimum atomic E-state index is 0.574. The van der Waals surface area contributed by atoms with Crippen molar-refractivity contribution in [2.75, 3.05) is 7.11 Å². The Balaban J connectivity index is 1.48. The zero-order valence-corrected chi connectivity index (χ0v) is 14.4. The van der Waals surface area contributed by atoms with Gasteiger partial charge in [-0.3, -0.25) is 4.68 Å². The van der Waals surface area contributed by atoms with Crippen LogP contribution in [0.15, 0.2) is 60.8 Å². The molecule has 0 amide bonds. The maximum absolute atomic E-state index is 5.89. The Morgan fingerprint density at radius 1 is 0.920 bits per heavy atom. The van der Waals surface area contributed by atoms with Gasteiger partial charge in [-0.15, -0.1) is 0 Å². The molecule has 4 rings (SSSR count). The van der Waals surface area contributed by atoms with E-state index in [2.05, 4.69) is 29.1 Å². The molecule has 1 aliphatic rings. The molecule has 4 heteroatoms. The lowest BCUT2D eigenvalue weighted by Crippen LogP contribution is -2.04. The topological polar surface area (TPSA) is 36.3 Å². The van der Waals surface area contributed by atoms with Crippen LogP contribution in [0.25, 0.3) is 11.3 Å². The number of aromatic nitrogens is 2. The van der Waals surface area contributed by atoms with Crippen molar-refractivity contribution in [3.63, 3.8) is 0 Å². The van der Waals surface area contributed by atoms with Gasteiger partial charge in [0.05, 0.1) is 18.8 Å². The fraction of sp³-hybridized carbons (Fsp3) is 0.286. The highest BCUT2D eigenvalue weighted by molar-refractivity contribution is 5.59. The second-order valence-corrected chi connectivity index (χ2v) is 6.42. The van der Waals surface area contributed by atoms with E-state index in [-0.39, 0.29) is 0 Å². The molecule has 1 aromatic heterocycles. The first-order valence-corrected chi connectivity index (χ1v) is 8.79. The molecule has 1 heterocycles. The highest BCUT2D eigenvalue weighted by Crippen LogP contribution is 2.31. The van der Waals surface area contributed by atoms with Crippen LogP contribution in [0.2, 0.25) is 0 Å². The summed E-state index contributed by atoms with van der Waals surface area (Å²) in [5.74, 6) is 2.34. The van der Waals surface area contributed by atoms with Crippen molar-refractivity contribution in [1.29, 1.82) is 0 Å². The van der Waals surface area contributed by atoms with Crippen molar-refractivity contribution in [3.05, 3.63) is 60.8 Å². The largest absolute Gasteiger partial charge is 0.497 e. The molecule has 3 aromatic rings. The van der Waals surface area contributed by atoms with Crippen molar-refractivity contribution in [1.82, 2.24) is 9.78 Å². The van der Waals surface area contributed by atoms with Crippen LogP contribution >= 0.6 is 0 Å². The van der Waals surface area contributed by atoms with Crippen molar-refractivity contribution in [3.8, 4) is 28.5 Å². The van der Waals surface area contributed by atoms with E-state index in [1.807, 2.05) is 36.4 Å². The Hall–Kier alpha value is -2.75. The molecule has 2 aromatic carbocycles. The normalized spacial score (nSPS) is 14.6. The minimum absolute atomic E-state index is 0.574. The molecule has 128 valence electrons. The lowest BCUT2D eigenvalue weighted by molar-refractivity contribution is 0.409. The fourth-order valence-corrected chi connectivity index (χ4v) is 3.36. The highest BCUT2D eigenvalue weighted by Gasteiger charge is 2.17. The Bertz CT molecular complexity index is 833. The summed E-state index contributed by atoms with van der Waals surface area (Å²) in [5, 5.41) is 4.76. The van der Waals surface area contributed by atoms with Gasteiger partial charge >= 0.3 is 0 Å². The fourth-order valence-electron chi connectivity index (χ4n) is 3.36. The summed E-state index contributed by atoms with van der Waals surface area (Å²) < 4.78 is 13.2. The average molecular weight is 334 g/mol. The van der Waals surface area contributed by atoms with E-state index in [9.17, 15) is 0 Å². The van der Waals surface area contributed by atoms with E-state index in [0.717, 1.165) is 28.5 Å². The summed E-state index contributed by atoms with van der Waals surface area (Å²) in [6.07, 6.45) is 7.22. The van der Waals surface area contributed by atoms with Gasteiger partial charge in [-0.25, -0.2) is 0 Å². The lowest BCUT2D eigenvalue weighted by Gasteiger charge is -2.09. The standard InChI is InChI=1S/C21H22N2O2/c1-24-19-7-4-8-20(15-19)25-18-11-9-16(10-12-18)21-13-14-23(22-21)17-5-2-3-6-17/h4,7-15,17H,2-3,5-6H2,1H3. The lowest BCUT2D eigenvalue weighted by atomic mass is 10.1. The smallest absolute Gasteiger partial charge is 0.131 e. The molecular weight excluding hydrogens is 312 g/mol. The SMILES string of the molecule is COc1cccc(Oc2ccc(-c3ccn(C4CCCC4)n3)cc2)c1. The van der Waals surface area contributed by atoms with Crippen LogP contribution in [0.4, 0.5) is 0 Å². The van der Waals surface area contributed by atoms with Crippen LogP contribution < -0.4 is 9.47 Å². The maximum Gasteiger partial charge on any atom is 0.131 e. The van der Waals surface area contributed by atoms with Crippen LogP contribution in [0.1, 0.15) is 31.7 Å². The zero-order valence-electron chi connectivity index (χ0n) is 14.4. The van der Waals surface area contributed by atoms with Gasteiger partial charge in [-0.2, -0.15) is 5.10 Å². The van der Waals surface area contributed by atoms with Crippen LogP contribution in [-0.2, 0) is 0 Å². The molecule has 0 saturated heterocycles. The number of hydrogen-bond acceptors (Lipinski definition) is 3. The number of hydrogen-bond donors (Lipinski definition) is 0. The molecule has 0 N–H and O–H groups in total. The number of methoxy groups -OCH3 is 1. The molecule has 0 unspecified atom stereocenters. The summed E-state index contributed by atoms with van der Waals surface area (Å²) in [4.78, 5) is 0. The molecule has 0 spiro atoms. The van der Waals surface area contributed by atoms with Gasteiger partial charge in [0, 0.05) is 17.8 Å². The van der Waals surface area contributed by atoms with Gasteiger partial charge in [0.25, 0.3) is 0 Å². The summed E-state index contributed by atoms with van der Waals surface area (Å²) in [5.41, 5.74) is 2.12. The number of ether oxygens (including phenoxy) is 2. The average Bonchev–Trinajstić information content (AvgIpc) is 3.34. The molecule has 1 saturated carbocycles. The van der Waals surface area contributed by atoms with Crippen molar-refractivity contribution >= 4 is 0 Å². The van der Waals surface area contributed by atoms with E-state index in [4.69, 9.17) is 14.6 Å². The van der Waals surface area contributed by atoms with E-state index in [1.54, 1.807) is 7.11 Å². The predicted molar refractivity (Wildman–Crippen MR) is 98.2 cm³/mol. The third kappa shape index (κ3) is 3.53. The Labute approximate surface area is 148 Å². The zero-order chi connectivity index (χ0) is 17.1. The molecule has 1 fully saturated rings. The number of benzene rings is 2. The van der Waals surface area contributed by atoms with Crippen LogP contribution in [-0.4, -0.2) is 16.9 Å². The highest BCUT2D eigenvalue weighted by atomic mass is 16.5. The Kier molecular flexibility index (Phi) is 4.42. The van der Waals surface area contributed by atoms with Crippen molar-refractivity contribution in [2.45, 2.75) is 31.7 Å². The van der Waals surface area contributed by atoms with E-state index < -0.39 is 0 Å². The van der Waals surface area contributed by atoms with Crippen LogP contribution in [0.5, 0.6) is 17.2 Å². The van der Waals surface area contributed by atoms with Gasteiger partial charge in [0.15, 0.2) is 0 Å². The monoisotopic (exact) mass is 334 g/mol. The summed E-state index contributed by atoms with van der Waals surface area (Å²) in [7, 11) is 1.65. The van der Waals surface area contributed by atoms with Gasteiger partial charge in [0.1, 0.15) is 17.2 Å². The number of rotatable bonds is 5. The van der Waals surface area contributed by atoms with Crippen molar-refractivity contribution in [2.24, 2.45) is 0 Å². The molecule has 0 atom stereocenters. The second-order valence-electron chi connectivity index (χ2n) is 6.42. The molecule has 0 aliphatic heterocycles. The van der Waals surface area contributed by atoms with Gasteiger partial charge < -0.3 is 9.47 Å². The van der Waals surface area contributed by atoms with Crippen LogP contribution in [0.3, 0.4) is 0 Å². The summed E-state index contributed by atoms with van der Waals surface area (Å²) in [6.45, 7) is 0. The Morgan fingerprint density at radius 3 is 2.44 bits per heavy atom. The Morgan fingerprint density at radius 2 is 1.68 bits per heavy atom. The molecule has 0 bridgehead atoms. The number of nitrogens with zero attached hydrogens (tertiary/aromatic N) is 2. The molecule has 4 nitrogen and oxygen atoms in total. The molecule has 1 aliphatic carbocycles. The second kappa shape index (κ2) is 7.01. The summed E-state index contributed by atoms with van der Waals surface area (Å²) in [6, 6.07) is 18.3. The predicted octanol–water partition coefficient (Wildman–Crippen LogP) is 5.47. The first-order chi connectivity index (χ1) is 12.3. The third-order valence-corrected chi connectivity index (χ3v) is 4.73. The van der Waals surface area contributed by atoms with E-state index in [0.29, 0.717) is 6.04 Å². The van der Waals surface area contributed by atoms with E-state index in [1.165, 1.54) is 25.7 Å². The quantitative estimate of drug-likeness (QED) is 0.621. The molecule has 0 radical (unpaired) electrons. The third-order valence-electron chi connectivity index (χ3n) is 4.73. The van der Waals surface area contributed by atoms with Crippen LogP contribution in [0, 0.1) is 0 Å². The maximum atomic E-state index is 5.89. The first kappa shape index (κ1) is 15.8. The van der Waals surface area contributed by atoms with Gasteiger partial charge in [0.2, 0.25) is 0 Å². The molecule has 25 heavy (non-hydrogen) atoms.